The minimum atomic E-state index is -0.939. The second-order valence-corrected chi connectivity index (χ2v) is 5.65. The van der Waals surface area contributed by atoms with Gasteiger partial charge in [-0.15, -0.1) is 0 Å². The number of hydrogen-bond donors (Lipinski definition) is 2. The minimum Gasteiger partial charge on any atom is -0.481 e. The molecule has 0 aliphatic heterocycles. The van der Waals surface area contributed by atoms with Crippen molar-refractivity contribution in [3.8, 4) is 0 Å². The zero-order valence-corrected chi connectivity index (χ0v) is 13.3. The Bertz CT molecular complexity index is 552. The maximum absolute atomic E-state index is 12.2. The molecular formula is C16H22N2O4. The molecule has 0 aliphatic rings. The highest BCUT2D eigenvalue weighted by atomic mass is 16.4. The van der Waals surface area contributed by atoms with Crippen LogP contribution in [0.15, 0.2) is 24.3 Å². The van der Waals surface area contributed by atoms with E-state index in [4.69, 9.17) is 5.11 Å². The first-order chi connectivity index (χ1) is 10.2. The van der Waals surface area contributed by atoms with Crippen LogP contribution < -0.4 is 5.32 Å². The molecule has 1 aromatic rings. The molecule has 6 heteroatoms. The number of carboxylic acid groups (broad SMARTS) is 1. The van der Waals surface area contributed by atoms with Crippen molar-refractivity contribution in [1.29, 1.82) is 0 Å². The monoisotopic (exact) mass is 306 g/mol. The van der Waals surface area contributed by atoms with Crippen LogP contribution in [-0.2, 0) is 9.59 Å². The van der Waals surface area contributed by atoms with Crippen molar-refractivity contribution in [2.75, 3.05) is 18.9 Å². The number of carbonyl (C=O) groups is 3. The molecule has 0 heterocycles. The normalized spacial score (nSPS) is 11.9. The third kappa shape index (κ3) is 4.87. The minimum absolute atomic E-state index is 0.0912. The molecule has 0 spiro atoms. The highest BCUT2D eigenvalue weighted by Gasteiger charge is 2.18. The molecule has 1 unspecified atom stereocenters. The first-order valence-electron chi connectivity index (χ1n) is 7.11. The quantitative estimate of drug-likeness (QED) is 0.842. The van der Waals surface area contributed by atoms with Crippen molar-refractivity contribution in [2.45, 2.75) is 20.8 Å². The lowest BCUT2D eigenvalue weighted by molar-refractivity contribution is -0.141. The predicted octanol–water partition coefficient (Wildman–Crippen LogP) is 2.07. The van der Waals surface area contributed by atoms with Gasteiger partial charge in [0.2, 0.25) is 5.91 Å². The van der Waals surface area contributed by atoms with Gasteiger partial charge in [-0.1, -0.05) is 20.8 Å². The van der Waals surface area contributed by atoms with Crippen LogP contribution in [0.4, 0.5) is 5.69 Å². The number of rotatable bonds is 6. The molecule has 0 aliphatic carbocycles. The van der Waals surface area contributed by atoms with E-state index in [9.17, 15) is 14.4 Å². The summed E-state index contributed by atoms with van der Waals surface area (Å²) < 4.78 is 0. The predicted molar refractivity (Wildman–Crippen MR) is 83.7 cm³/mol. The van der Waals surface area contributed by atoms with E-state index in [1.807, 2.05) is 0 Å². The van der Waals surface area contributed by atoms with Gasteiger partial charge in [0.05, 0.1) is 5.92 Å². The van der Waals surface area contributed by atoms with Gasteiger partial charge >= 0.3 is 5.97 Å². The first-order valence-corrected chi connectivity index (χ1v) is 7.11. The van der Waals surface area contributed by atoms with Gasteiger partial charge in [-0.2, -0.15) is 0 Å². The zero-order valence-electron chi connectivity index (χ0n) is 13.3. The largest absolute Gasteiger partial charge is 0.481 e. The Balaban J connectivity index is 2.71. The van der Waals surface area contributed by atoms with Gasteiger partial charge in [-0.25, -0.2) is 0 Å². The first kappa shape index (κ1) is 17.7. The van der Waals surface area contributed by atoms with E-state index in [1.165, 1.54) is 4.90 Å². The number of aliphatic carboxylic acids is 1. The second kappa shape index (κ2) is 7.59. The van der Waals surface area contributed by atoms with E-state index in [0.29, 0.717) is 11.3 Å². The van der Waals surface area contributed by atoms with Crippen LogP contribution in [0.25, 0.3) is 0 Å². The Morgan fingerprint density at radius 3 is 2.14 bits per heavy atom. The molecule has 0 bridgehead atoms. The Morgan fingerprint density at radius 1 is 1.14 bits per heavy atom. The van der Waals surface area contributed by atoms with Crippen LogP contribution in [0.2, 0.25) is 0 Å². The molecule has 1 atom stereocenters. The molecule has 0 aromatic heterocycles. The molecule has 6 nitrogen and oxygen atoms in total. The van der Waals surface area contributed by atoms with Crippen molar-refractivity contribution in [1.82, 2.24) is 4.90 Å². The second-order valence-electron chi connectivity index (χ2n) is 5.65. The van der Waals surface area contributed by atoms with Gasteiger partial charge in [0, 0.05) is 30.8 Å². The summed E-state index contributed by atoms with van der Waals surface area (Å²) in [6.07, 6.45) is 0. The molecule has 0 saturated heterocycles. The third-order valence-corrected chi connectivity index (χ3v) is 3.24. The fourth-order valence-corrected chi connectivity index (χ4v) is 1.77. The van der Waals surface area contributed by atoms with E-state index in [-0.39, 0.29) is 24.3 Å². The summed E-state index contributed by atoms with van der Waals surface area (Å²) in [5, 5.41) is 11.6. The smallest absolute Gasteiger partial charge is 0.308 e. The van der Waals surface area contributed by atoms with Crippen molar-refractivity contribution >= 4 is 23.5 Å². The number of nitrogens with one attached hydrogen (secondary N) is 1. The van der Waals surface area contributed by atoms with Crippen LogP contribution in [0.3, 0.4) is 0 Å². The Hall–Kier alpha value is -2.37. The average Bonchev–Trinajstić information content (AvgIpc) is 2.46. The summed E-state index contributed by atoms with van der Waals surface area (Å²) in [6, 6.07) is 6.53. The molecule has 0 fully saturated rings. The van der Waals surface area contributed by atoms with Crippen LogP contribution >= 0.6 is 0 Å². The Kier molecular flexibility index (Phi) is 6.10. The van der Waals surface area contributed by atoms with Crippen molar-refractivity contribution in [2.24, 2.45) is 11.8 Å². The van der Waals surface area contributed by atoms with Crippen LogP contribution in [-0.4, -0.2) is 41.4 Å². The lowest BCUT2D eigenvalue weighted by atomic mass is 10.1. The molecule has 2 amide bonds. The van der Waals surface area contributed by atoms with Crippen LogP contribution in [0, 0.1) is 11.8 Å². The summed E-state index contributed by atoms with van der Waals surface area (Å²) in [5.41, 5.74) is 1.07. The third-order valence-electron chi connectivity index (χ3n) is 3.24. The number of hydrogen-bond acceptors (Lipinski definition) is 3. The van der Waals surface area contributed by atoms with Gasteiger partial charge in [0.25, 0.3) is 5.91 Å². The molecule has 0 radical (unpaired) electrons. The van der Waals surface area contributed by atoms with Gasteiger partial charge in [-0.05, 0) is 24.3 Å². The molecule has 2 N–H and O–H groups in total. The van der Waals surface area contributed by atoms with E-state index in [2.05, 4.69) is 5.32 Å². The molecule has 22 heavy (non-hydrogen) atoms. The highest BCUT2D eigenvalue weighted by Crippen LogP contribution is 2.13. The number of anilines is 1. The average molecular weight is 306 g/mol. The number of amides is 2. The van der Waals surface area contributed by atoms with Crippen LogP contribution in [0.1, 0.15) is 31.1 Å². The topological polar surface area (TPSA) is 86.7 Å². The summed E-state index contributed by atoms with van der Waals surface area (Å²) in [7, 11) is 1.57. The van der Waals surface area contributed by atoms with Gasteiger partial charge in [0.15, 0.2) is 0 Å². The fourth-order valence-electron chi connectivity index (χ4n) is 1.77. The van der Waals surface area contributed by atoms with Gasteiger partial charge in [0.1, 0.15) is 0 Å². The summed E-state index contributed by atoms with van der Waals surface area (Å²) in [4.78, 5) is 36.0. The van der Waals surface area contributed by atoms with Gasteiger partial charge < -0.3 is 15.3 Å². The molecule has 1 aromatic carbocycles. The summed E-state index contributed by atoms with van der Waals surface area (Å²) >= 11 is 0. The van der Waals surface area contributed by atoms with E-state index >= 15 is 0 Å². The summed E-state index contributed by atoms with van der Waals surface area (Å²) in [6.45, 7) is 5.29. The standard InChI is InChI=1S/C16H22N2O4/c1-10(2)14(19)17-13-7-5-12(6-8-13)15(20)18(4)9-11(3)16(21)22/h5-8,10-11H,9H2,1-4H3,(H,17,19)(H,21,22). The highest BCUT2D eigenvalue weighted by molar-refractivity contribution is 5.96. The van der Waals surface area contributed by atoms with Crippen molar-refractivity contribution < 1.29 is 19.5 Å². The van der Waals surface area contributed by atoms with Crippen molar-refractivity contribution in [3.05, 3.63) is 29.8 Å². The maximum Gasteiger partial charge on any atom is 0.308 e. The maximum atomic E-state index is 12.2. The Morgan fingerprint density at radius 2 is 1.68 bits per heavy atom. The summed E-state index contributed by atoms with van der Waals surface area (Å²) in [5.74, 6) is -2.03. The Labute approximate surface area is 130 Å². The van der Waals surface area contributed by atoms with Gasteiger partial charge in [-0.3, -0.25) is 14.4 Å². The molecule has 1 rings (SSSR count). The number of carbonyl (C=O) groups excluding carboxylic acids is 2. The molecule has 120 valence electrons. The fraction of sp³-hybridized carbons (Fsp3) is 0.438. The van der Waals surface area contributed by atoms with E-state index < -0.39 is 11.9 Å². The molecule has 0 saturated carbocycles. The lowest BCUT2D eigenvalue weighted by Gasteiger charge is -2.19. The SMILES string of the molecule is CC(C)C(=O)Nc1ccc(C(=O)N(C)CC(C)C(=O)O)cc1. The van der Waals surface area contributed by atoms with E-state index in [0.717, 1.165) is 0 Å². The number of benzene rings is 1. The number of nitrogens with zero attached hydrogens (tertiary/aromatic N) is 1. The van der Waals surface area contributed by atoms with E-state index in [1.54, 1.807) is 52.1 Å². The molecular weight excluding hydrogens is 284 g/mol. The van der Waals surface area contributed by atoms with Crippen LogP contribution in [0.5, 0.6) is 0 Å². The zero-order chi connectivity index (χ0) is 16.9. The van der Waals surface area contributed by atoms with Crippen molar-refractivity contribution in [3.63, 3.8) is 0 Å². The lowest BCUT2D eigenvalue weighted by Crippen LogP contribution is -2.33. The number of carboxylic acids is 1.